The van der Waals surface area contributed by atoms with Gasteiger partial charge in [0.15, 0.2) is 0 Å². The topological polar surface area (TPSA) is 15.8 Å². The van der Waals surface area contributed by atoms with Crippen LogP contribution in [0.2, 0.25) is 0 Å². The van der Waals surface area contributed by atoms with Gasteiger partial charge in [-0.1, -0.05) is 65.7 Å². The normalized spacial score (nSPS) is 11.1. The van der Waals surface area contributed by atoms with E-state index in [0.29, 0.717) is 0 Å². The van der Waals surface area contributed by atoms with Crippen molar-refractivity contribution >= 4 is 26.8 Å². The summed E-state index contributed by atoms with van der Waals surface area (Å²) in [4.78, 5) is 3.60. The lowest BCUT2D eigenvalue weighted by atomic mass is 10.0. The number of rotatable bonds is 4. The van der Waals surface area contributed by atoms with Crippen molar-refractivity contribution in [3.63, 3.8) is 0 Å². The zero-order valence-corrected chi connectivity index (χ0v) is 13.2. The first-order valence-corrected chi connectivity index (χ1v) is 7.95. The first-order valence-electron chi connectivity index (χ1n) is 7.15. The summed E-state index contributed by atoms with van der Waals surface area (Å²) in [6.07, 6.45) is 3.56. The standard InChI is InChI=1S/C18H18BrN/c1-2-3-8-14-13-9-5-7-12-17(13)20-18(14)15-10-4-6-11-16(15)19/h4-7,9-12,20H,2-3,8H2,1H3. The maximum atomic E-state index is 3.67. The van der Waals surface area contributed by atoms with Gasteiger partial charge in [0.05, 0.1) is 5.69 Å². The second-order valence-corrected chi connectivity index (χ2v) is 5.96. The molecule has 1 aromatic heterocycles. The fraction of sp³-hybridized carbons (Fsp3) is 0.222. The third-order valence-corrected chi connectivity index (χ3v) is 4.43. The summed E-state index contributed by atoms with van der Waals surface area (Å²) >= 11 is 3.67. The molecule has 1 N–H and O–H groups in total. The second kappa shape index (κ2) is 5.84. The maximum Gasteiger partial charge on any atom is 0.0508 e. The van der Waals surface area contributed by atoms with Crippen LogP contribution in [0.4, 0.5) is 0 Å². The minimum Gasteiger partial charge on any atom is -0.354 e. The van der Waals surface area contributed by atoms with Gasteiger partial charge in [-0.05, 0) is 30.5 Å². The summed E-state index contributed by atoms with van der Waals surface area (Å²) in [7, 11) is 0. The molecule has 3 rings (SSSR count). The lowest BCUT2D eigenvalue weighted by Gasteiger charge is -2.06. The van der Waals surface area contributed by atoms with Gasteiger partial charge in [-0.3, -0.25) is 0 Å². The minimum absolute atomic E-state index is 1.12. The van der Waals surface area contributed by atoms with E-state index in [4.69, 9.17) is 0 Å². The minimum atomic E-state index is 1.12. The molecule has 0 amide bonds. The van der Waals surface area contributed by atoms with Crippen molar-refractivity contribution < 1.29 is 0 Å². The molecule has 1 heterocycles. The second-order valence-electron chi connectivity index (χ2n) is 5.11. The summed E-state index contributed by atoms with van der Waals surface area (Å²) in [6, 6.07) is 17.0. The highest BCUT2D eigenvalue weighted by atomic mass is 79.9. The van der Waals surface area contributed by atoms with Crippen LogP contribution < -0.4 is 0 Å². The largest absolute Gasteiger partial charge is 0.354 e. The SMILES string of the molecule is CCCCc1c(-c2ccccc2Br)[nH]c2ccccc12. The molecule has 0 fully saturated rings. The molecule has 0 unspecified atom stereocenters. The number of para-hydroxylation sites is 1. The molecule has 20 heavy (non-hydrogen) atoms. The van der Waals surface area contributed by atoms with Crippen LogP contribution in [0.1, 0.15) is 25.3 Å². The van der Waals surface area contributed by atoms with Crippen LogP contribution in [0.3, 0.4) is 0 Å². The highest BCUT2D eigenvalue weighted by Crippen LogP contribution is 2.35. The van der Waals surface area contributed by atoms with Crippen LogP contribution in [0, 0.1) is 0 Å². The molecule has 0 spiro atoms. The molecule has 0 saturated heterocycles. The summed E-state index contributed by atoms with van der Waals surface area (Å²) in [5.74, 6) is 0. The predicted molar refractivity (Wildman–Crippen MR) is 90.0 cm³/mol. The molecule has 0 aliphatic rings. The van der Waals surface area contributed by atoms with E-state index in [1.54, 1.807) is 0 Å². The number of hydrogen-bond acceptors (Lipinski definition) is 0. The Morgan fingerprint density at radius 2 is 1.75 bits per heavy atom. The number of aromatic amines is 1. The Labute approximate surface area is 128 Å². The van der Waals surface area contributed by atoms with Crippen molar-refractivity contribution in [3.8, 4) is 11.3 Å². The monoisotopic (exact) mass is 327 g/mol. The molecule has 2 heteroatoms. The summed E-state index contributed by atoms with van der Waals surface area (Å²) in [5, 5.41) is 1.35. The van der Waals surface area contributed by atoms with E-state index < -0.39 is 0 Å². The van der Waals surface area contributed by atoms with Crippen LogP contribution in [-0.2, 0) is 6.42 Å². The van der Waals surface area contributed by atoms with Crippen LogP contribution in [0.25, 0.3) is 22.2 Å². The molecular formula is C18H18BrN. The van der Waals surface area contributed by atoms with Gasteiger partial charge < -0.3 is 4.98 Å². The number of fused-ring (bicyclic) bond motifs is 1. The average molecular weight is 328 g/mol. The Morgan fingerprint density at radius 3 is 2.55 bits per heavy atom. The van der Waals surface area contributed by atoms with E-state index in [0.717, 1.165) is 10.9 Å². The summed E-state index contributed by atoms with van der Waals surface area (Å²) in [5.41, 5.74) is 5.17. The van der Waals surface area contributed by atoms with E-state index in [1.807, 2.05) is 0 Å². The smallest absolute Gasteiger partial charge is 0.0508 e. The molecule has 2 aromatic carbocycles. The lowest BCUT2D eigenvalue weighted by Crippen LogP contribution is -1.88. The zero-order chi connectivity index (χ0) is 13.9. The molecule has 0 aliphatic heterocycles. The molecule has 0 bridgehead atoms. The molecular weight excluding hydrogens is 310 g/mol. The Kier molecular flexibility index (Phi) is 3.93. The van der Waals surface area contributed by atoms with Crippen molar-refractivity contribution in [1.82, 2.24) is 4.98 Å². The van der Waals surface area contributed by atoms with E-state index in [2.05, 4.69) is 76.4 Å². The van der Waals surface area contributed by atoms with E-state index in [9.17, 15) is 0 Å². The Bertz CT molecular complexity index is 727. The van der Waals surface area contributed by atoms with E-state index in [1.165, 1.54) is 40.6 Å². The van der Waals surface area contributed by atoms with Crippen LogP contribution in [-0.4, -0.2) is 4.98 Å². The maximum absolute atomic E-state index is 3.67. The molecule has 1 nitrogen and oxygen atoms in total. The van der Waals surface area contributed by atoms with Gasteiger partial charge in [0.25, 0.3) is 0 Å². The number of aromatic nitrogens is 1. The lowest BCUT2D eigenvalue weighted by molar-refractivity contribution is 0.800. The summed E-state index contributed by atoms with van der Waals surface area (Å²) in [6.45, 7) is 2.24. The number of nitrogens with one attached hydrogen (secondary N) is 1. The van der Waals surface area contributed by atoms with Gasteiger partial charge >= 0.3 is 0 Å². The molecule has 0 saturated carbocycles. The Hall–Kier alpha value is -1.54. The third kappa shape index (κ3) is 2.40. The molecule has 102 valence electrons. The van der Waals surface area contributed by atoms with E-state index in [-0.39, 0.29) is 0 Å². The first-order chi connectivity index (χ1) is 9.81. The quantitative estimate of drug-likeness (QED) is 0.610. The van der Waals surface area contributed by atoms with Gasteiger partial charge in [0.2, 0.25) is 0 Å². The highest BCUT2D eigenvalue weighted by Gasteiger charge is 2.14. The van der Waals surface area contributed by atoms with Gasteiger partial charge in [0, 0.05) is 20.9 Å². The molecule has 0 aliphatic carbocycles. The van der Waals surface area contributed by atoms with Gasteiger partial charge in [-0.15, -0.1) is 0 Å². The number of aryl methyl sites for hydroxylation is 1. The predicted octanol–water partition coefficient (Wildman–Crippen LogP) is 5.94. The van der Waals surface area contributed by atoms with Gasteiger partial charge in [0.1, 0.15) is 0 Å². The van der Waals surface area contributed by atoms with Crippen LogP contribution in [0.15, 0.2) is 53.0 Å². The van der Waals surface area contributed by atoms with Gasteiger partial charge in [-0.25, -0.2) is 0 Å². The third-order valence-electron chi connectivity index (χ3n) is 3.74. The van der Waals surface area contributed by atoms with Crippen LogP contribution in [0.5, 0.6) is 0 Å². The number of unbranched alkanes of at least 4 members (excludes halogenated alkanes) is 1. The fourth-order valence-electron chi connectivity index (χ4n) is 2.71. The fourth-order valence-corrected chi connectivity index (χ4v) is 3.19. The van der Waals surface area contributed by atoms with Crippen molar-refractivity contribution in [2.75, 3.05) is 0 Å². The molecule has 0 radical (unpaired) electrons. The van der Waals surface area contributed by atoms with Crippen molar-refractivity contribution in [1.29, 1.82) is 0 Å². The highest BCUT2D eigenvalue weighted by molar-refractivity contribution is 9.10. The number of H-pyrrole nitrogens is 1. The van der Waals surface area contributed by atoms with Crippen molar-refractivity contribution in [3.05, 3.63) is 58.6 Å². The van der Waals surface area contributed by atoms with Crippen molar-refractivity contribution in [2.24, 2.45) is 0 Å². The first kappa shape index (κ1) is 13.4. The van der Waals surface area contributed by atoms with Crippen molar-refractivity contribution in [2.45, 2.75) is 26.2 Å². The van der Waals surface area contributed by atoms with Crippen LogP contribution >= 0.6 is 15.9 Å². The number of benzene rings is 2. The number of halogens is 1. The number of hydrogen-bond donors (Lipinski definition) is 1. The average Bonchev–Trinajstić information content (AvgIpc) is 2.84. The molecule has 0 atom stereocenters. The van der Waals surface area contributed by atoms with Gasteiger partial charge in [-0.2, -0.15) is 0 Å². The Morgan fingerprint density at radius 1 is 1.00 bits per heavy atom. The van der Waals surface area contributed by atoms with E-state index >= 15 is 0 Å². The molecule has 3 aromatic rings. The summed E-state index contributed by atoms with van der Waals surface area (Å²) < 4.78 is 1.14. The zero-order valence-electron chi connectivity index (χ0n) is 11.6. The Balaban J connectivity index is 2.21.